The lowest BCUT2D eigenvalue weighted by atomic mass is 10.1. The number of carbonyl (C=O) groups is 2. The molecule has 7 heteroatoms. The highest BCUT2D eigenvalue weighted by molar-refractivity contribution is 5.88. The smallest absolute Gasteiger partial charge is 0.260 e. The van der Waals surface area contributed by atoms with Gasteiger partial charge in [-0.2, -0.15) is 0 Å². The zero-order chi connectivity index (χ0) is 19.8. The lowest BCUT2D eigenvalue weighted by Gasteiger charge is -2.20. The van der Waals surface area contributed by atoms with Crippen LogP contribution in [0.2, 0.25) is 0 Å². The molecule has 144 valence electrons. The van der Waals surface area contributed by atoms with E-state index in [2.05, 4.69) is 5.32 Å². The quantitative estimate of drug-likeness (QED) is 0.771. The van der Waals surface area contributed by atoms with Crippen LogP contribution < -0.4 is 19.5 Å². The molecule has 0 spiro atoms. The summed E-state index contributed by atoms with van der Waals surface area (Å²) in [6.07, 6.45) is 0. The van der Waals surface area contributed by atoms with Crippen LogP contribution in [0.1, 0.15) is 12.5 Å². The van der Waals surface area contributed by atoms with Gasteiger partial charge in [-0.3, -0.25) is 9.59 Å². The highest BCUT2D eigenvalue weighted by Gasteiger charge is 2.15. The van der Waals surface area contributed by atoms with Crippen LogP contribution in [0.4, 0.5) is 5.69 Å². The van der Waals surface area contributed by atoms with E-state index in [1.165, 1.54) is 6.92 Å². The largest absolute Gasteiger partial charge is 0.493 e. The Bertz CT molecular complexity index is 789. The molecule has 0 saturated heterocycles. The summed E-state index contributed by atoms with van der Waals surface area (Å²) < 4.78 is 16.2. The van der Waals surface area contributed by atoms with E-state index >= 15 is 0 Å². The van der Waals surface area contributed by atoms with Gasteiger partial charge in [0, 0.05) is 31.8 Å². The number of ether oxygens (including phenoxy) is 3. The van der Waals surface area contributed by atoms with Gasteiger partial charge in [0.2, 0.25) is 5.91 Å². The normalized spacial score (nSPS) is 10.1. The molecule has 0 aromatic heterocycles. The summed E-state index contributed by atoms with van der Waals surface area (Å²) in [5.74, 6) is 1.45. The molecule has 0 aliphatic rings. The molecule has 0 heterocycles. The molecule has 27 heavy (non-hydrogen) atoms. The van der Waals surface area contributed by atoms with Crippen molar-refractivity contribution in [3.8, 4) is 17.2 Å². The summed E-state index contributed by atoms with van der Waals surface area (Å²) in [5, 5.41) is 2.67. The van der Waals surface area contributed by atoms with Gasteiger partial charge in [0.25, 0.3) is 5.91 Å². The number of hydrogen-bond donors (Lipinski definition) is 1. The van der Waals surface area contributed by atoms with E-state index in [1.54, 1.807) is 56.5 Å². The van der Waals surface area contributed by atoms with Crippen molar-refractivity contribution in [2.45, 2.75) is 13.5 Å². The van der Waals surface area contributed by atoms with E-state index in [-0.39, 0.29) is 18.4 Å². The van der Waals surface area contributed by atoms with Crippen molar-refractivity contribution in [1.82, 2.24) is 4.90 Å². The number of carbonyl (C=O) groups excluding carboxylic acids is 2. The molecule has 1 N–H and O–H groups in total. The standard InChI is InChI=1S/C20H24N2O5/c1-14(23)21-16-8-10-17(11-9-16)27-13-19(24)22(2)12-15-6-5-7-18(25-3)20(15)26-4/h5-11H,12-13H2,1-4H3,(H,21,23). The Kier molecular flexibility index (Phi) is 7.05. The van der Waals surface area contributed by atoms with Gasteiger partial charge < -0.3 is 24.4 Å². The fourth-order valence-electron chi connectivity index (χ4n) is 2.51. The first-order valence-corrected chi connectivity index (χ1v) is 8.39. The van der Waals surface area contributed by atoms with Crippen molar-refractivity contribution in [3.63, 3.8) is 0 Å². The minimum atomic E-state index is -0.175. The molecule has 0 radical (unpaired) electrons. The lowest BCUT2D eigenvalue weighted by Crippen LogP contribution is -2.31. The molecular weight excluding hydrogens is 348 g/mol. The van der Waals surface area contributed by atoms with E-state index in [0.29, 0.717) is 29.5 Å². The van der Waals surface area contributed by atoms with Crippen molar-refractivity contribution < 1.29 is 23.8 Å². The average Bonchev–Trinajstić information content (AvgIpc) is 2.66. The van der Waals surface area contributed by atoms with Crippen LogP contribution in [0.5, 0.6) is 17.2 Å². The summed E-state index contributed by atoms with van der Waals surface area (Å²) in [4.78, 5) is 24.9. The molecule has 0 aliphatic carbocycles. The monoisotopic (exact) mass is 372 g/mol. The molecule has 0 atom stereocenters. The van der Waals surface area contributed by atoms with E-state index in [9.17, 15) is 9.59 Å². The van der Waals surface area contributed by atoms with Crippen LogP contribution in [0.3, 0.4) is 0 Å². The predicted octanol–water partition coefficient (Wildman–Crippen LogP) is 2.70. The number of para-hydroxylation sites is 1. The third-order valence-electron chi connectivity index (χ3n) is 3.85. The van der Waals surface area contributed by atoms with Crippen LogP contribution in [-0.2, 0) is 16.1 Å². The fraction of sp³-hybridized carbons (Fsp3) is 0.300. The minimum Gasteiger partial charge on any atom is -0.493 e. The molecule has 7 nitrogen and oxygen atoms in total. The Hall–Kier alpha value is -3.22. The Morgan fingerprint density at radius 2 is 1.74 bits per heavy atom. The number of nitrogens with one attached hydrogen (secondary N) is 1. The van der Waals surface area contributed by atoms with E-state index < -0.39 is 0 Å². The van der Waals surface area contributed by atoms with Crippen LogP contribution >= 0.6 is 0 Å². The van der Waals surface area contributed by atoms with Crippen molar-refractivity contribution in [2.75, 3.05) is 33.2 Å². The number of anilines is 1. The summed E-state index contributed by atoms with van der Waals surface area (Å²) in [5.41, 5.74) is 1.51. The third kappa shape index (κ3) is 5.64. The number of nitrogens with zero attached hydrogens (tertiary/aromatic N) is 1. The number of methoxy groups -OCH3 is 2. The molecule has 0 bridgehead atoms. The maximum Gasteiger partial charge on any atom is 0.260 e. The van der Waals surface area contributed by atoms with Gasteiger partial charge in [0.05, 0.1) is 14.2 Å². The molecule has 0 unspecified atom stereocenters. The van der Waals surface area contributed by atoms with Crippen LogP contribution in [0.25, 0.3) is 0 Å². The van der Waals surface area contributed by atoms with Gasteiger partial charge in [-0.25, -0.2) is 0 Å². The van der Waals surface area contributed by atoms with Crippen molar-refractivity contribution in [2.24, 2.45) is 0 Å². The Labute approximate surface area is 158 Å². The van der Waals surface area contributed by atoms with Gasteiger partial charge in [0.1, 0.15) is 5.75 Å². The second-order valence-electron chi connectivity index (χ2n) is 5.90. The molecule has 2 aromatic rings. The molecule has 0 saturated carbocycles. The Morgan fingerprint density at radius 1 is 1.04 bits per heavy atom. The van der Waals surface area contributed by atoms with E-state index in [1.807, 2.05) is 12.1 Å². The van der Waals surface area contributed by atoms with Crippen molar-refractivity contribution in [3.05, 3.63) is 48.0 Å². The highest BCUT2D eigenvalue weighted by atomic mass is 16.5. The second kappa shape index (κ2) is 9.47. The van der Waals surface area contributed by atoms with Crippen molar-refractivity contribution >= 4 is 17.5 Å². The lowest BCUT2D eigenvalue weighted by molar-refractivity contribution is -0.132. The number of hydrogen-bond acceptors (Lipinski definition) is 5. The molecular formula is C20H24N2O5. The first-order chi connectivity index (χ1) is 12.9. The zero-order valence-electron chi connectivity index (χ0n) is 15.9. The third-order valence-corrected chi connectivity index (χ3v) is 3.85. The van der Waals surface area contributed by atoms with Crippen LogP contribution in [-0.4, -0.2) is 44.6 Å². The maximum absolute atomic E-state index is 12.4. The summed E-state index contributed by atoms with van der Waals surface area (Å²) in [6.45, 7) is 1.71. The minimum absolute atomic E-state index is 0.0950. The molecule has 2 aromatic carbocycles. The van der Waals surface area contributed by atoms with Gasteiger partial charge in [-0.15, -0.1) is 0 Å². The molecule has 0 fully saturated rings. The average molecular weight is 372 g/mol. The number of likely N-dealkylation sites (N-methyl/N-ethyl adjacent to an activating group) is 1. The number of benzene rings is 2. The van der Waals surface area contributed by atoms with Gasteiger partial charge >= 0.3 is 0 Å². The topological polar surface area (TPSA) is 77.1 Å². The molecule has 2 rings (SSSR count). The summed E-state index contributed by atoms with van der Waals surface area (Å²) >= 11 is 0. The number of rotatable bonds is 8. The Morgan fingerprint density at radius 3 is 2.33 bits per heavy atom. The maximum atomic E-state index is 12.4. The summed E-state index contributed by atoms with van der Waals surface area (Å²) in [6, 6.07) is 12.4. The molecule has 2 amide bonds. The SMILES string of the molecule is COc1cccc(CN(C)C(=O)COc2ccc(NC(C)=O)cc2)c1OC. The summed E-state index contributed by atoms with van der Waals surface area (Å²) in [7, 11) is 4.84. The molecule has 0 aliphatic heterocycles. The first-order valence-electron chi connectivity index (χ1n) is 8.39. The zero-order valence-corrected chi connectivity index (χ0v) is 15.9. The first kappa shape index (κ1) is 20.1. The van der Waals surface area contributed by atoms with E-state index in [0.717, 1.165) is 5.56 Å². The predicted molar refractivity (Wildman–Crippen MR) is 102 cm³/mol. The van der Waals surface area contributed by atoms with Crippen LogP contribution in [0, 0.1) is 0 Å². The Balaban J connectivity index is 1.93. The van der Waals surface area contributed by atoms with Crippen molar-refractivity contribution in [1.29, 1.82) is 0 Å². The van der Waals surface area contributed by atoms with Gasteiger partial charge in [-0.1, -0.05) is 12.1 Å². The van der Waals surface area contributed by atoms with Gasteiger partial charge in [-0.05, 0) is 30.3 Å². The highest BCUT2D eigenvalue weighted by Crippen LogP contribution is 2.31. The second-order valence-corrected chi connectivity index (χ2v) is 5.90. The van der Waals surface area contributed by atoms with E-state index in [4.69, 9.17) is 14.2 Å². The number of amides is 2. The van der Waals surface area contributed by atoms with Crippen LogP contribution in [0.15, 0.2) is 42.5 Å². The fourth-order valence-corrected chi connectivity index (χ4v) is 2.51. The van der Waals surface area contributed by atoms with Gasteiger partial charge in [0.15, 0.2) is 18.1 Å².